The van der Waals surface area contributed by atoms with E-state index in [2.05, 4.69) is 4.72 Å². The van der Waals surface area contributed by atoms with Gasteiger partial charge in [-0.1, -0.05) is 12.8 Å². The minimum absolute atomic E-state index is 0.0322. The number of nitrogens with one attached hydrogen (secondary N) is 1. The summed E-state index contributed by atoms with van der Waals surface area (Å²) in [5.41, 5.74) is 0. The van der Waals surface area contributed by atoms with Crippen molar-refractivity contribution in [2.45, 2.75) is 43.5 Å². The molecule has 2 rings (SSSR count). The molecule has 0 aliphatic heterocycles. The number of sulfonamides is 1. The van der Waals surface area contributed by atoms with E-state index >= 15 is 0 Å². The van der Waals surface area contributed by atoms with Crippen molar-refractivity contribution in [3.05, 3.63) is 24.3 Å². The number of hydrogen-bond acceptors (Lipinski definition) is 5. The Morgan fingerprint density at radius 3 is 2.45 bits per heavy atom. The van der Waals surface area contributed by atoms with Crippen LogP contribution in [0.1, 0.15) is 32.6 Å². The van der Waals surface area contributed by atoms with Crippen LogP contribution >= 0.6 is 0 Å². The molecule has 22 heavy (non-hydrogen) atoms. The fraction of sp³-hybridized carbons (Fsp3) is 0.533. The van der Waals surface area contributed by atoms with Crippen LogP contribution in [0, 0.1) is 0 Å². The van der Waals surface area contributed by atoms with E-state index in [1.165, 1.54) is 24.3 Å². The molecule has 1 N–H and O–H groups in total. The van der Waals surface area contributed by atoms with E-state index in [4.69, 9.17) is 9.47 Å². The molecule has 7 heteroatoms. The van der Waals surface area contributed by atoms with Crippen LogP contribution in [0.3, 0.4) is 0 Å². The summed E-state index contributed by atoms with van der Waals surface area (Å²) in [6, 6.07) is 6.03. The van der Waals surface area contributed by atoms with Gasteiger partial charge < -0.3 is 9.47 Å². The molecule has 0 atom stereocenters. The largest absolute Gasteiger partial charge is 0.482 e. The topological polar surface area (TPSA) is 81.7 Å². The molecule has 122 valence electrons. The molecule has 1 aliphatic carbocycles. The zero-order chi connectivity index (χ0) is 16.0. The van der Waals surface area contributed by atoms with Gasteiger partial charge in [0.25, 0.3) is 0 Å². The third kappa shape index (κ3) is 4.71. The molecule has 0 spiro atoms. The Labute approximate surface area is 130 Å². The molecule has 1 aromatic carbocycles. The Bertz CT molecular complexity index is 591. The lowest BCUT2D eigenvalue weighted by Gasteiger charge is -2.13. The van der Waals surface area contributed by atoms with Crippen LogP contribution in [0.2, 0.25) is 0 Å². The van der Waals surface area contributed by atoms with E-state index in [1.807, 2.05) is 0 Å². The van der Waals surface area contributed by atoms with Gasteiger partial charge in [-0.15, -0.1) is 0 Å². The third-order valence-corrected chi connectivity index (χ3v) is 5.01. The summed E-state index contributed by atoms with van der Waals surface area (Å²) < 4.78 is 37.1. The smallest absolute Gasteiger partial charge is 0.344 e. The average molecular weight is 327 g/mol. The van der Waals surface area contributed by atoms with Gasteiger partial charge in [0.1, 0.15) is 5.75 Å². The monoisotopic (exact) mass is 327 g/mol. The fourth-order valence-electron chi connectivity index (χ4n) is 2.39. The van der Waals surface area contributed by atoms with Crippen molar-refractivity contribution in [1.82, 2.24) is 4.72 Å². The second-order valence-electron chi connectivity index (χ2n) is 5.17. The first kappa shape index (κ1) is 16.8. The quantitative estimate of drug-likeness (QED) is 0.773. The summed E-state index contributed by atoms with van der Waals surface area (Å²) in [4.78, 5) is 11.4. The second-order valence-corrected chi connectivity index (χ2v) is 6.88. The predicted molar refractivity (Wildman–Crippen MR) is 81.1 cm³/mol. The molecule has 0 amide bonds. The molecule has 0 saturated heterocycles. The Morgan fingerprint density at radius 1 is 1.23 bits per heavy atom. The highest BCUT2D eigenvalue weighted by atomic mass is 32.2. The first-order valence-corrected chi connectivity index (χ1v) is 8.90. The summed E-state index contributed by atoms with van der Waals surface area (Å²) in [6.07, 6.45) is 3.90. The van der Waals surface area contributed by atoms with Crippen LogP contribution in [0.4, 0.5) is 0 Å². The lowest BCUT2D eigenvalue weighted by Crippen LogP contribution is -2.32. The minimum Gasteiger partial charge on any atom is -0.482 e. The maximum atomic E-state index is 12.2. The predicted octanol–water partition coefficient (Wildman–Crippen LogP) is 1.85. The standard InChI is InChI=1S/C15H21NO5S/c1-2-20-15(17)11-21-13-7-9-14(10-8-13)22(18,19)16-12-5-3-4-6-12/h7-10,12,16H,2-6,11H2,1H3. The highest BCUT2D eigenvalue weighted by Gasteiger charge is 2.22. The van der Waals surface area contributed by atoms with E-state index in [9.17, 15) is 13.2 Å². The lowest BCUT2D eigenvalue weighted by molar-refractivity contribution is -0.145. The molecule has 0 aromatic heterocycles. The SMILES string of the molecule is CCOC(=O)COc1ccc(S(=O)(=O)NC2CCCC2)cc1. The highest BCUT2D eigenvalue weighted by molar-refractivity contribution is 7.89. The molecule has 0 heterocycles. The van der Waals surface area contributed by atoms with Crippen LogP contribution in [0.25, 0.3) is 0 Å². The van der Waals surface area contributed by atoms with E-state index in [0.717, 1.165) is 25.7 Å². The number of esters is 1. The maximum absolute atomic E-state index is 12.2. The summed E-state index contributed by atoms with van der Waals surface area (Å²) in [5.74, 6) is -0.0324. The van der Waals surface area contributed by atoms with Gasteiger partial charge in [0.05, 0.1) is 11.5 Å². The van der Waals surface area contributed by atoms with Gasteiger partial charge in [0.2, 0.25) is 10.0 Å². The van der Waals surface area contributed by atoms with Gasteiger partial charge in [-0.25, -0.2) is 17.9 Å². The first-order chi connectivity index (χ1) is 10.5. The summed E-state index contributed by atoms with van der Waals surface area (Å²) >= 11 is 0. The van der Waals surface area contributed by atoms with E-state index in [-0.39, 0.29) is 17.5 Å². The number of carbonyl (C=O) groups is 1. The Kier molecular flexibility index (Phi) is 5.79. The van der Waals surface area contributed by atoms with E-state index < -0.39 is 16.0 Å². The van der Waals surface area contributed by atoms with Crippen molar-refractivity contribution in [2.75, 3.05) is 13.2 Å². The molecule has 1 saturated carbocycles. The Hall–Kier alpha value is -1.60. The number of hydrogen-bond donors (Lipinski definition) is 1. The molecule has 0 radical (unpaired) electrons. The van der Waals surface area contributed by atoms with Gasteiger partial charge in [-0.05, 0) is 44.0 Å². The molecular weight excluding hydrogens is 306 g/mol. The Morgan fingerprint density at radius 2 is 1.86 bits per heavy atom. The molecule has 1 aliphatic rings. The highest BCUT2D eigenvalue weighted by Crippen LogP contribution is 2.21. The summed E-state index contributed by atoms with van der Waals surface area (Å²) in [7, 11) is -3.50. The number of rotatable bonds is 7. The van der Waals surface area contributed by atoms with Crippen molar-refractivity contribution in [2.24, 2.45) is 0 Å². The van der Waals surface area contributed by atoms with E-state index in [1.54, 1.807) is 6.92 Å². The molecule has 0 unspecified atom stereocenters. The summed E-state index contributed by atoms with van der Waals surface area (Å²) in [6.45, 7) is 1.82. The third-order valence-electron chi connectivity index (χ3n) is 3.47. The van der Waals surface area contributed by atoms with Crippen molar-refractivity contribution in [1.29, 1.82) is 0 Å². The van der Waals surface area contributed by atoms with Crippen LogP contribution in [-0.2, 0) is 19.6 Å². The number of carbonyl (C=O) groups excluding carboxylic acids is 1. The van der Waals surface area contributed by atoms with Crippen molar-refractivity contribution >= 4 is 16.0 Å². The van der Waals surface area contributed by atoms with Crippen molar-refractivity contribution < 1.29 is 22.7 Å². The number of ether oxygens (including phenoxy) is 2. The first-order valence-electron chi connectivity index (χ1n) is 7.42. The van der Waals surface area contributed by atoms with Crippen LogP contribution in [-0.4, -0.2) is 33.6 Å². The molecule has 6 nitrogen and oxygen atoms in total. The van der Waals surface area contributed by atoms with Crippen LogP contribution < -0.4 is 9.46 Å². The normalized spacial score (nSPS) is 15.7. The van der Waals surface area contributed by atoms with Gasteiger partial charge in [-0.3, -0.25) is 0 Å². The summed E-state index contributed by atoms with van der Waals surface area (Å²) in [5, 5.41) is 0. The number of benzene rings is 1. The Balaban J connectivity index is 1.94. The van der Waals surface area contributed by atoms with Crippen LogP contribution in [0.15, 0.2) is 29.2 Å². The molecule has 0 bridgehead atoms. The van der Waals surface area contributed by atoms with E-state index in [0.29, 0.717) is 12.4 Å². The van der Waals surface area contributed by atoms with Crippen molar-refractivity contribution in [3.63, 3.8) is 0 Å². The lowest BCUT2D eigenvalue weighted by atomic mass is 10.3. The van der Waals surface area contributed by atoms with Gasteiger partial charge in [0, 0.05) is 6.04 Å². The zero-order valence-electron chi connectivity index (χ0n) is 12.6. The van der Waals surface area contributed by atoms with Gasteiger partial charge in [-0.2, -0.15) is 0 Å². The van der Waals surface area contributed by atoms with Gasteiger partial charge >= 0.3 is 5.97 Å². The van der Waals surface area contributed by atoms with Crippen molar-refractivity contribution in [3.8, 4) is 5.75 Å². The molecular formula is C15H21NO5S. The second kappa shape index (κ2) is 7.60. The van der Waals surface area contributed by atoms with Crippen LogP contribution in [0.5, 0.6) is 5.75 Å². The maximum Gasteiger partial charge on any atom is 0.344 e. The van der Waals surface area contributed by atoms with Gasteiger partial charge in [0.15, 0.2) is 6.61 Å². The molecule has 1 aromatic rings. The average Bonchev–Trinajstić information content (AvgIpc) is 2.98. The fourth-order valence-corrected chi connectivity index (χ4v) is 3.70. The zero-order valence-corrected chi connectivity index (χ0v) is 13.4. The molecule has 1 fully saturated rings. The minimum atomic E-state index is -3.50.